The number of nitrogens with one attached hydrogen (secondary N) is 3. The Morgan fingerprint density at radius 1 is 1.21 bits per heavy atom. The zero-order valence-electron chi connectivity index (χ0n) is 11.3. The molecule has 1 amide bonds. The van der Waals surface area contributed by atoms with Crippen molar-refractivity contribution in [1.82, 2.24) is 10.9 Å². The maximum absolute atomic E-state index is 11.1. The molecule has 0 saturated carbocycles. The predicted molar refractivity (Wildman–Crippen MR) is 78.3 cm³/mol. The van der Waals surface area contributed by atoms with E-state index in [1.165, 1.54) is 19.3 Å². The molecule has 4 heteroatoms. The van der Waals surface area contributed by atoms with Crippen LogP contribution in [0.4, 0.5) is 5.69 Å². The molecule has 1 heterocycles. The molecule has 102 valence electrons. The van der Waals surface area contributed by atoms with Gasteiger partial charge < -0.3 is 5.32 Å². The van der Waals surface area contributed by atoms with Gasteiger partial charge in [0.05, 0.1) is 5.70 Å². The molecule has 3 N–H and O–H groups in total. The van der Waals surface area contributed by atoms with E-state index in [1.54, 1.807) is 0 Å². The van der Waals surface area contributed by atoms with Crippen LogP contribution in [0.3, 0.4) is 0 Å². The molecular weight excluding hydrogens is 238 g/mol. The highest BCUT2D eigenvalue weighted by molar-refractivity contribution is 5.85. The summed E-state index contributed by atoms with van der Waals surface area (Å²) in [5, 5.41) is 3.46. The molecule has 0 aromatic heterocycles. The third-order valence-electron chi connectivity index (χ3n) is 3.14. The second-order valence-corrected chi connectivity index (χ2v) is 4.67. The van der Waals surface area contributed by atoms with Crippen LogP contribution in [0.1, 0.15) is 38.2 Å². The lowest BCUT2D eigenvalue weighted by Crippen LogP contribution is -2.39. The summed E-state index contributed by atoms with van der Waals surface area (Å²) in [6.07, 6.45) is 5.99. The van der Waals surface area contributed by atoms with Crippen LogP contribution in [0.5, 0.6) is 0 Å². The van der Waals surface area contributed by atoms with Gasteiger partial charge in [-0.05, 0) is 18.6 Å². The number of hydrogen-bond acceptors (Lipinski definition) is 3. The number of hydrogen-bond donors (Lipinski definition) is 3. The molecule has 0 radical (unpaired) electrons. The summed E-state index contributed by atoms with van der Waals surface area (Å²) in [6, 6.07) is 8.15. The maximum Gasteiger partial charge on any atom is 0.242 e. The van der Waals surface area contributed by atoms with E-state index in [0.29, 0.717) is 6.42 Å². The molecule has 0 spiro atoms. The van der Waals surface area contributed by atoms with Gasteiger partial charge in [-0.25, -0.2) is 0 Å². The van der Waals surface area contributed by atoms with Crippen molar-refractivity contribution in [1.29, 1.82) is 0 Å². The van der Waals surface area contributed by atoms with Crippen LogP contribution >= 0.6 is 0 Å². The lowest BCUT2D eigenvalue weighted by atomic mass is 10.1. The smallest absolute Gasteiger partial charge is 0.242 e. The normalized spacial score (nSPS) is 14.4. The number of para-hydroxylation sites is 1. The van der Waals surface area contributed by atoms with Gasteiger partial charge in [-0.15, -0.1) is 0 Å². The number of anilines is 1. The van der Waals surface area contributed by atoms with Gasteiger partial charge in [-0.2, -0.15) is 0 Å². The summed E-state index contributed by atoms with van der Waals surface area (Å²) in [4.78, 5) is 11.1. The Bertz CT molecular complexity index is 468. The molecule has 1 aromatic carbocycles. The molecule has 1 aromatic rings. The van der Waals surface area contributed by atoms with Gasteiger partial charge in [0.25, 0.3) is 0 Å². The first kappa shape index (κ1) is 13.5. The molecule has 4 nitrogen and oxygen atoms in total. The molecule has 0 fully saturated rings. The third-order valence-corrected chi connectivity index (χ3v) is 3.14. The SMILES string of the molecule is CCCCCNc1ccccc1C1=CCC(=O)NN1. The van der Waals surface area contributed by atoms with Crippen molar-refractivity contribution in [3.63, 3.8) is 0 Å². The van der Waals surface area contributed by atoms with E-state index in [4.69, 9.17) is 0 Å². The van der Waals surface area contributed by atoms with Crippen molar-refractivity contribution in [2.45, 2.75) is 32.6 Å². The standard InChI is InChI=1S/C15H21N3O/c1-2-3-6-11-16-13-8-5-4-7-12(13)14-9-10-15(19)18-17-14/h4-5,7-9,16-17H,2-3,6,10-11H2,1H3,(H,18,19). The van der Waals surface area contributed by atoms with Crippen LogP contribution in [0.2, 0.25) is 0 Å². The second-order valence-electron chi connectivity index (χ2n) is 4.67. The van der Waals surface area contributed by atoms with E-state index < -0.39 is 0 Å². The number of rotatable bonds is 6. The fraction of sp³-hybridized carbons (Fsp3) is 0.400. The quantitative estimate of drug-likeness (QED) is 0.688. The molecule has 0 unspecified atom stereocenters. The van der Waals surface area contributed by atoms with E-state index in [2.05, 4.69) is 35.2 Å². The van der Waals surface area contributed by atoms with Crippen LogP contribution < -0.4 is 16.2 Å². The molecule has 0 atom stereocenters. The molecule has 0 aliphatic carbocycles. The lowest BCUT2D eigenvalue weighted by Gasteiger charge is -2.19. The zero-order valence-corrected chi connectivity index (χ0v) is 11.3. The summed E-state index contributed by atoms with van der Waals surface area (Å²) in [5.74, 6) is -0.00265. The van der Waals surface area contributed by atoms with E-state index in [1.807, 2.05) is 18.2 Å². The number of benzene rings is 1. The number of amides is 1. The van der Waals surface area contributed by atoms with E-state index in [-0.39, 0.29) is 5.91 Å². The third kappa shape index (κ3) is 3.74. The van der Waals surface area contributed by atoms with Crippen LogP contribution in [0, 0.1) is 0 Å². The monoisotopic (exact) mass is 259 g/mol. The summed E-state index contributed by atoms with van der Waals surface area (Å²) < 4.78 is 0. The summed E-state index contributed by atoms with van der Waals surface area (Å²) in [7, 11) is 0. The van der Waals surface area contributed by atoms with Gasteiger partial charge in [0.15, 0.2) is 0 Å². The summed E-state index contributed by atoms with van der Waals surface area (Å²) >= 11 is 0. The summed E-state index contributed by atoms with van der Waals surface area (Å²) in [6.45, 7) is 3.18. The second kappa shape index (κ2) is 6.83. The Morgan fingerprint density at radius 3 is 2.79 bits per heavy atom. The first-order valence-corrected chi connectivity index (χ1v) is 6.89. The molecular formula is C15H21N3O. The number of carbonyl (C=O) groups is 1. The molecule has 1 aliphatic rings. The largest absolute Gasteiger partial charge is 0.384 e. The van der Waals surface area contributed by atoms with Gasteiger partial charge in [-0.3, -0.25) is 15.6 Å². The van der Waals surface area contributed by atoms with E-state index in [0.717, 1.165) is 23.5 Å². The Hall–Kier alpha value is -1.97. The van der Waals surface area contributed by atoms with Crippen molar-refractivity contribution in [2.24, 2.45) is 0 Å². The Kier molecular flexibility index (Phi) is 4.84. The van der Waals surface area contributed by atoms with Crippen molar-refractivity contribution in [3.05, 3.63) is 35.9 Å². The fourth-order valence-corrected chi connectivity index (χ4v) is 2.08. The molecule has 1 aliphatic heterocycles. The van der Waals surface area contributed by atoms with Gasteiger partial charge in [0.2, 0.25) is 5.91 Å². The van der Waals surface area contributed by atoms with Crippen LogP contribution in [0.25, 0.3) is 5.70 Å². The predicted octanol–water partition coefficient (Wildman–Crippen LogP) is 2.65. The molecule has 0 saturated heterocycles. The minimum atomic E-state index is -0.00265. The molecule has 2 rings (SSSR count). The average Bonchev–Trinajstić information content (AvgIpc) is 2.45. The number of unbranched alkanes of at least 4 members (excludes halogenated alkanes) is 2. The van der Waals surface area contributed by atoms with Gasteiger partial charge in [-0.1, -0.05) is 38.0 Å². The van der Waals surface area contributed by atoms with Crippen LogP contribution in [-0.4, -0.2) is 12.5 Å². The van der Waals surface area contributed by atoms with Crippen molar-refractivity contribution < 1.29 is 4.79 Å². The van der Waals surface area contributed by atoms with E-state index in [9.17, 15) is 4.79 Å². The highest BCUT2D eigenvalue weighted by Gasteiger charge is 2.12. The zero-order chi connectivity index (χ0) is 13.5. The minimum absolute atomic E-state index is 0.00265. The topological polar surface area (TPSA) is 53.2 Å². The van der Waals surface area contributed by atoms with Gasteiger partial charge in [0.1, 0.15) is 0 Å². The van der Waals surface area contributed by atoms with Crippen molar-refractivity contribution in [2.75, 3.05) is 11.9 Å². The summed E-state index contributed by atoms with van der Waals surface area (Å²) in [5.41, 5.74) is 8.76. The minimum Gasteiger partial charge on any atom is -0.384 e. The van der Waals surface area contributed by atoms with Crippen LogP contribution in [0.15, 0.2) is 30.3 Å². The maximum atomic E-state index is 11.1. The highest BCUT2D eigenvalue weighted by atomic mass is 16.2. The van der Waals surface area contributed by atoms with E-state index >= 15 is 0 Å². The Labute approximate surface area is 114 Å². The Morgan fingerprint density at radius 2 is 2.05 bits per heavy atom. The number of carbonyl (C=O) groups excluding carboxylic acids is 1. The average molecular weight is 259 g/mol. The Balaban J connectivity index is 2.05. The first-order chi connectivity index (χ1) is 9.31. The fourth-order valence-electron chi connectivity index (χ4n) is 2.08. The lowest BCUT2D eigenvalue weighted by molar-refractivity contribution is -0.121. The number of hydrazine groups is 1. The van der Waals surface area contributed by atoms with Gasteiger partial charge >= 0.3 is 0 Å². The van der Waals surface area contributed by atoms with Crippen molar-refractivity contribution in [3.8, 4) is 0 Å². The first-order valence-electron chi connectivity index (χ1n) is 6.89. The molecule has 19 heavy (non-hydrogen) atoms. The van der Waals surface area contributed by atoms with Gasteiger partial charge in [0, 0.05) is 24.2 Å². The van der Waals surface area contributed by atoms with Crippen molar-refractivity contribution >= 4 is 17.3 Å². The highest BCUT2D eigenvalue weighted by Crippen LogP contribution is 2.23. The molecule has 0 bridgehead atoms. The van der Waals surface area contributed by atoms with Crippen LogP contribution in [-0.2, 0) is 4.79 Å².